The molecule has 0 spiro atoms. The van der Waals surface area contributed by atoms with Crippen molar-refractivity contribution in [2.45, 2.75) is 0 Å². The van der Waals surface area contributed by atoms with Gasteiger partial charge in [0, 0.05) is 18.9 Å². The van der Waals surface area contributed by atoms with Crippen molar-refractivity contribution in [1.82, 2.24) is 0 Å². The highest BCUT2D eigenvalue weighted by Gasteiger charge is 1.73. The molecule has 0 N–H and O–H groups in total. The molecule has 0 aromatic carbocycles. The molecule has 0 aromatic rings. The molecule has 0 amide bonds. The Morgan fingerprint density at radius 2 is 1.17 bits per heavy atom. The van der Waals surface area contributed by atoms with Crippen LogP contribution in [-0.2, 0) is 19.4 Å². The second-order valence-corrected chi connectivity index (χ2v) is 0.713. The molecule has 6 heavy (non-hydrogen) atoms. The van der Waals surface area contributed by atoms with Gasteiger partial charge in [0.2, 0.25) is 0 Å². The molecule has 2 atom stereocenters. The van der Waals surface area contributed by atoms with E-state index in [0.29, 0.717) is 0 Å². The molecule has 0 rings (SSSR count). The fraction of sp³-hybridized carbons (Fsp3) is 0. The third-order valence-corrected chi connectivity index (χ3v) is 0.263. The van der Waals surface area contributed by atoms with Crippen molar-refractivity contribution in [1.29, 1.82) is 0 Å². The highest BCUT2D eigenvalue weighted by atomic mass is 31.0. The van der Waals surface area contributed by atoms with Crippen LogP contribution in [0.5, 0.6) is 0 Å². The summed E-state index contributed by atoms with van der Waals surface area (Å²) in [5, 5.41) is 7.41. The van der Waals surface area contributed by atoms with Crippen LogP contribution in [0.25, 0.3) is 0 Å². The lowest BCUT2D eigenvalue weighted by Crippen LogP contribution is -1.80. The normalized spacial score (nSPS) is 9.00. The fourth-order valence-electron chi connectivity index (χ4n) is 0.0321. The van der Waals surface area contributed by atoms with E-state index in [1.807, 2.05) is 0 Å². The van der Waals surface area contributed by atoms with Crippen molar-refractivity contribution in [2.75, 3.05) is 0 Å². The maximum atomic E-state index is 3.84. The molecule has 2 unspecified atom stereocenters. The van der Waals surface area contributed by atoms with E-state index in [2.05, 4.69) is 19.4 Å². The van der Waals surface area contributed by atoms with Crippen molar-refractivity contribution in [3.8, 4) is 0 Å². The van der Waals surface area contributed by atoms with Gasteiger partial charge in [0.05, 0.1) is 0 Å². The molecule has 0 fully saturated rings. The lowest BCUT2D eigenvalue weighted by atomic mass is 14.4. The van der Waals surface area contributed by atoms with Gasteiger partial charge < -0.3 is 0 Å². The Bertz CT molecular complexity index is 17.5. The van der Waals surface area contributed by atoms with Gasteiger partial charge in [-0.05, 0) is 10.1 Å². The Kier molecular flexibility index (Phi) is 6.36. The van der Waals surface area contributed by atoms with E-state index in [1.54, 1.807) is 18.9 Å². The van der Waals surface area contributed by atoms with Gasteiger partial charge in [0.15, 0.2) is 0 Å². The van der Waals surface area contributed by atoms with Crippen LogP contribution in [0.3, 0.4) is 0 Å². The molecule has 0 aliphatic heterocycles. The molecule has 0 bridgehead atoms. The van der Waals surface area contributed by atoms with Gasteiger partial charge in [-0.25, -0.2) is 0 Å². The molecule has 38 valence electrons. The first-order valence-electron chi connectivity index (χ1n) is 0.971. The zero-order valence-corrected chi connectivity index (χ0v) is 5.10. The summed E-state index contributed by atoms with van der Waals surface area (Å²) < 4.78 is 7.68. The minimum Gasteiger partial charge on any atom is -0.189 e. The van der Waals surface area contributed by atoms with Crippen LogP contribution in [-0.4, -0.2) is 0 Å². The maximum Gasteiger partial charge on any atom is 0.0457 e. The first-order chi connectivity index (χ1) is 2.91. The molecule has 0 radical (unpaired) electrons. The molecular weight excluding hydrogens is 126 g/mol. The third kappa shape index (κ3) is 4.70. The van der Waals surface area contributed by atoms with E-state index >= 15 is 0 Å². The lowest BCUT2D eigenvalue weighted by Gasteiger charge is -1.88. The molecule has 0 saturated heterocycles. The van der Waals surface area contributed by atoms with Gasteiger partial charge in [0.25, 0.3) is 0 Å². The molecule has 0 aliphatic rings. The average molecular weight is 130 g/mol. The highest BCUT2D eigenvalue weighted by Crippen LogP contribution is 1.91. The van der Waals surface area contributed by atoms with Crippen molar-refractivity contribution < 1.29 is 19.4 Å². The Morgan fingerprint density at radius 3 is 1.33 bits per heavy atom. The Hall–Kier alpha value is 0.700. The summed E-state index contributed by atoms with van der Waals surface area (Å²) in [6.45, 7) is 0. The Labute approximate surface area is 39.4 Å². The largest absolute Gasteiger partial charge is 0.189 e. The summed E-state index contributed by atoms with van der Waals surface area (Å²) in [6, 6.07) is 0. The first-order valence-corrected chi connectivity index (χ1v) is 1.91. The SMILES string of the molecule is POOOOP. The van der Waals surface area contributed by atoms with Crippen molar-refractivity contribution in [3.05, 3.63) is 0 Å². The summed E-state index contributed by atoms with van der Waals surface area (Å²) in [5.74, 6) is 0. The quantitative estimate of drug-likeness (QED) is 0.239. The molecule has 0 heterocycles. The van der Waals surface area contributed by atoms with Gasteiger partial charge in [-0.15, -0.1) is 0 Å². The van der Waals surface area contributed by atoms with Crippen LogP contribution in [0, 0.1) is 0 Å². The minimum atomic E-state index is 1.79. The molecule has 0 aromatic heterocycles. The van der Waals surface area contributed by atoms with E-state index in [1.165, 1.54) is 0 Å². The summed E-state index contributed by atoms with van der Waals surface area (Å²) in [5.41, 5.74) is 0. The second-order valence-electron chi connectivity index (χ2n) is 0.329. The van der Waals surface area contributed by atoms with Gasteiger partial charge in [-0.2, -0.15) is 9.35 Å². The summed E-state index contributed by atoms with van der Waals surface area (Å²) in [4.78, 5) is 0. The van der Waals surface area contributed by atoms with Crippen LogP contribution in [0.4, 0.5) is 0 Å². The zero-order chi connectivity index (χ0) is 4.83. The fourth-order valence-corrected chi connectivity index (χ4v) is 0.0962. The van der Waals surface area contributed by atoms with Crippen LogP contribution in [0.1, 0.15) is 0 Å². The average Bonchev–Trinajstić information content (AvgIpc) is 1.61. The van der Waals surface area contributed by atoms with Crippen LogP contribution in [0.15, 0.2) is 0 Å². The summed E-state index contributed by atoms with van der Waals surface area (Å²) >= 11 is 0. The predicted octanol–water partition coefficient (Wildman–Crippen LogP) is 0.378. The number of hydrogen-bond acceptors (Lipinski definition) is 4. The molecule has 0 aliphatic carbocycles. The third-order valence-electron chi connectivity index (χ3n) is 0.106. The molecule has 6 heteroatoms. The minimum absolute atomic E-state index is 1.79. The number of hydrogen-bond donors (Lipinski definition) is 0. The van der Waals surface area contributed by atoms with Crippen LogP contribution < -0.4 is 0 Å². The zero-order valence-electron chi connectivity index (χ0n) is 2.79. The van der Waals surface area contributed by atoms with Crippen LogP contribution >= 0.6 is 18.9 Å². The van der Waals surface area contributed by atoms with Gasteiger partial charge in [-0.1, -0.05) is 0 Å². The van der Waals surface area contributed by atoms with E-state index in [9.17, 15) is 0 Å². The standard InChI is InChI=1S/H4O4P2/c5-3-1-2-4-6/h5-6H2. The maximum absolute atomic E-state index is 3.84. The first kappa shape index (κ1) is 6.70. The van der Waals surface area contributed by atoms with Crippen molar-refractivity contribution in [2.24, 2.45) is 0 Å². The van der Waals surface area contributed by atoms with Gasteiger partial charge >= 0.3 is 0 Å². The molecule has 4 nitrogen and oxygen atoms in total. The van der Waals surface area contributed by atoms with Crippen molar-refractivity contribution in [3.63, 3.8) is 0 Å². The topological polar surface area (TPSA) is 36.9 Å². The van der Waals surface area contributed by atoms with E-state index in [0.717, 1.165) is 0 Å². The highest BCUT2D eigenvalue weighted by molar-refractivity contribution is 7.09. The monoisotopic (exact) mass is 130 g/mol. The van der Waals surface area contributed by atoms with E-state index < -0.39 is 0 Å². The van der Waals surface area contributed by atoms with Crippen molar-refractivity contribution >= 4 is 18.9 Å². The summed E-state index contributed by atoms with van der Waals surface area (Å²) in [6.07, 6.45) is 0. The number of rotatable bonds is 3. The Morgan fingerprint density at radius 1 is 0.833 bits per heavy atom. The van der Waals surface area contributed by atoms with Gasteiger partial charge in [-0.3, -0.25) is 0 Å². The molecular formula is H4O4P2. The van der Waals surface area contributed by atoms with Crippen LogP contribution in [0.2, 0.25) is 0 Å². The Balaban J connectivity index is 2.34. The lowest BCUT2D eigenvalue weighted by molar-refractivity contribution is -0.571. The smallest absolute Gasteiger partial charge is 0.0457 e. The summed E-state index contributed by atoms with van der Waals surface area (Å²) in [7, 11) is 3.58. The van der Waals surface area contributed by atoms with Gasteiger partial charge in [0.1, 0.15) is 0 Å². The predicted molar refractivity (Wildman–Crippen MR) is 23.8 cm³/mol. The molecule has 0 saturated carbocycles. The van der Waals surface area contributed by atoms with E-state index in [-0.39, 0.29) is 0 Å². The van der Waals surface area contributed by atoms with E-state index in [4.69, 9.17) is 0 Å². The second kappa shape index (κ2) is 5.70.